The fraction of sp³-hybridized carbons (Fsp3) is 0.188. The summed E-state index contributed by atoms with van der Waals surface area (Å²) in [5.41, 5.74) is 2.24. The topological polar surface area (TPSA) is 68.1 Å². The van der Waals surface area contributed by atoms with Crippen LogP contribution in [0.1, 0.15) is 17.5 Å². The maximum absolute atomic E-state index is 10.2. The minimum absolute atomic E-state index is 0.395. The fourth-order valence-electron chi connectivity index (χ4n) is 2.14. The Hall–Kier alpha value is -2.53. The summed E-state index contributed by atoms with van der Waals surface area (Å²) >= 11 is 0. The van der Waals surface area contributed by atoms with Crippen LogP contribution < -0.4 is 4.74 Å². The normalized spacial score (nSPS) is 12.3. The van der Waals surface area contributed by atoms with Gasteiger partial charge in [-0.1, -0.05) is 24.3 Å². The highest BCUT2D eigenvalue weighted by molar-refractivity contribution is 5.78. The number of hydrogen-bond donors (Lipinski definition) is 1. The number of pyridine rings is 1. The zero-order valence-corrected chi connectivity index (χ0v) is 11.6. The zero-order valence-electron chi connectivity index (χ0n) is 11.6. The minimum Gasteiger partial charge on any atom is -0.480 e. The summed E-state index contributed by atoms with van der Waals surface area (Å²) in [6, 6.07) is 15.2. The first kappa shape index (κ1) is 13.5. The van der Waals surface area contributed by atoms with E-state index in [0.717, 1.165) is 16.6 Å². The summed E-state index contributed by atoms with van der Waals surface area (Å²) < 4.78 is 4.95. The highest BCUT2D eigenvalue weighted by atomic mass is 16.5. The number of methoxy groups -OCH3 is 1. The van der Waals surface area contributed by atoms with E-state index in [1.807, 2.05) is 36.4 Å². The van der Waals surface area contributed by atoms with Crippen LogP contribution in [-0.4, -0.2) is 27.4 Å². The quantitative estimate of drug-likeness (QED) is 0.794. The number of aliphatic hydroxyl groups is 1. The maximum Gasteiger partial charge on any atom is 0.233 e. The molecule has 5 heteroatoms. The summed E-state index contributed by atoms with van der Waals surface area (Å²) in [6.45, 7) is 0. The molecule has 0 saturated carbocycles. The van der Waals surface area contributed by atoms with Crippen molar-refractivity contribution >= 4 is 10.9 Å². The summed E-state index contributed by atoms with van der Waals surface area (Å²) in [7, 11) is 1.53. The van der Waals surface area contributed by atoms with Crippen molar-refractivity contribution in [1.29, 1.82) is 0 Å². The van der Waals surface area contributed by atoms with Gasteiger partial charge in [0.2, 0.25) is 5.88 Å². The van der Waals surface area contributed by atoms with Crippen molar-refractivity contribution in [1.82, 2.24) is 15.2 Å². The molecule has 1 atom stereocenters. The number of benzene rings is 1. The molecule has 1 N–H and O–H groups in total. The average molecular weight is 281 g/mol. The van der Waals surface area contributed by atoms with Crippen LogP contribution in [0.3, 0.4) is 0 Å². The second-order valence-electron chi connectivity index (χ2n) is 4.72. The third-order valence-electron chi connectivity index (χ3n) is 3.27. The first-order valence-electron chi connectivity index (χ1n) is 6.66. The molecule has 1 aromatic carbocycles. The van der Waals surface area contributed by atoms with Crippen LogP contribution in [0.25, 0.3) is 10.9 Å². The van der Waals surface area contributed by atoms with Gasteiger partial charge in [0.15, 0.2) is 0 Å². The molecular weight excluding hydrogens is 266 g/mol. The molecule has 3 rings (SSSR count). The number of hydrogen-bond acceptors (Lipinski definition) is 5. The van der Waals surface area contributed by atoms with Crippen LogP contribution in [0.4, 0.5) is 0 Å². The van der Waals surface area contributed by atoms with Crippen molar-refractivity contribution in [2.45, 2.75) is 12.5 Å². The van der Waals surface area contributed by atoms with Crippen LogP contribution in [0.5, 0.6) is 5.88 Å². The van der Waals surface area contributed by atoms with E-state index in [2.05, 4.69) is 15.2 Å². The van der Waals surface area contributed by atoms with Crippen molar-refractivity contribution in [3.05, 3.63) is 59.9 Å². The van der Waals surface area contributed by atoms with E-state index in [9.17, 15) is 5.11 Å². The number of ether oxygens (including phenoxy) is 1. The Bertz CT molecular complexity index is 744. The second-order valence-corrected chi connectivity index (χ2v) is 4.72. The Morgan fingerprint density at radius 3 is 2.67 bits per heavy atom. The first-order valence-corrected chi connectivity index (χ1v) is 6.66. The van der Waals surface area contributed by atoms with Crippen molar-refractivity contribution in [2.24, 2.45) is 0 Å². The van der Waals surface area contributed by atoms with Crippen LogP contribution >= 0.6 is 0 Å². The molecule has 0 saturated heterocycles. The molecule has 5 nitrogen and oxygen atoms in total. The molecule has 0 aliphatic heterocycles. The van der Waals surface area contributed by atoms with E-state index in [0.29, 0.717) is 18.0 Å². The standard InChI is InChI=1S/C16H15N3O2/c1-21-16-9-8-14(18-19-16)15(20)10-12-7-6-11-4-2-3-5-13(11)17-12/h2-9,15,20H,10H2,1H3. The van der Waals surface area contributed by atoms with Crippen molar-refractivity contribution in [3.63, 3.8) is 0 Å². The first-order chi connectivity index (χ1) is 10.3. The van der Waals surface area contributed by atoms with Gasteiger partial charge in [-0.15, -0.1) is 10.2 Å². The summed E-state index contributed by atoms with van der Waals surface area (Å²) in [4.78, 5) is 4.54. The average Bonchev–Trinajstić information content (AvgIpc) is 2.55. The van der Waals surface area contributed by atoms with Crippen LogP contribution in [0, 0.1) is 0 Å². The molecule has 0 spiro atoms. The Labute approximate surface area is 122 Å². The van der Waals surface area contributed by atoms with Gasteiger partial charge in [0.25, 0.3) is 0 Å². The predicted octanol–water partition coefficient (Wildman–Crippen LogP) is 2.31. The van der Waals surface area contributed by atoms with Gasteiger partial charge in [-0.25, -0.2) is 0 Å². The molecule has 1 unspecified atom stereocenters. The van der Waals surface area contributed by atoms with Gasteiger partial charge in [-0.2, -0.15) is 0 Å². The smallest absolute Gasteiger partial charge is 0.233 e. The molecule has 0 amide bonds. The molecule has 2 aromatic heterocycles. The van der Waals surface area contributed by atoms with Gasteiger partial charge in [-0.3, -0.25) is 4.98 Å². The lowest BCUT2D eigenvalue weighted by Crippen LogP contribution is -2.07. The van der Waals surface area contributed by atoms with E-state index < -0.39 is 6.10 Å². The zero-order chi connectivity index (χ0) is 14.7. The van der Waals surface area contributed by atoms with E-state index in [-0.39, 0.29) is 0 Å². The van der Waals surface area contributed by atoms with Gasteiger partial charge >= 0.3 is 0 Å². The lowest BCUT2D eigenvalue weighted by atomic mass is 10.1. The highest BCUT2D eigenvalue weighted by Crippen LogP contribution is 2.18. The van der Waals surface area contributed by atoms with E-state index in [4.69, 9.17) is 4.74 Å². The largest absolute Gasteiger partial charge is 0.480 e. The number of para-hydroxylation sites is 1. The lowest BCUT2D eigenvalue weighted by Gasteiger charge is -2.10. The molecule has 0 aliphatic rings. The monoisotopic (exact) mass is 281 g/mol. The second kappa shape index (κ2) is 5.85. The van der Waals surface area contributed by atoms with Gasteiger partial charge in [0.1, 0.15) is 6.10 Å². The van der Waals surface area contributed by atoms with Crippen molar-refractivity contribution < 1.29 is 9.84 Å². The number of aliphatic hydroxyl groups excluding tert-OH is 1. The molecule has 2 heterocycles. The Morgan fingerprint density at radius 2 is 1.90 bits per heavy atom. The third kappa shape index (κ3) is 2.98. The molecule has 0 aliphatic carbocycles. The molecule has 0 radical (unpaired) electrons. The molecule has 3 aromatic rings. The summed E-state index contributed by atoms with van der Waals surface area (Å²) in [5, 5.41) is 19.1. The molecule has 0 bridgehead atoms. The molecule has 21 heavy (non-hydrogen) atoms. The highest BCUT2D eigenvalue weighted by Gasteiger charge is 2.12. The maximum atomic E-state index is 10.2. The van der Waals surface area contributed by atoms with Crippen molar-refractivity contribution in [3.8, 4) is 5.88 Å². The Balaban J connectivity index is 1.79. The lowest BCUT2D eigenvalue weighted by molar-refractivity contribution is 0.171. The SMILES string of the molecule is COc1ccc(C(O)Cc2ccc3ccccc3n2)nn1. The number of aromatic nitrogens is 3. The Kier molecular flexibility index (Phi) is 3.75. The van der Waals surface area contributed by atoms with Gasteiger partial charge in [0.05, 0.1) is 18.3 Å². The predicted molar refractivity (Wildman–Crippen MR) is 79.0 cm³/mol. The van der Waals surface area contributed by atoms with Gasteiger partial charge in [-0.05, 0) is 18.2 Å². The molecular formula is C16H15N3O2. The van der Waals surface area contributed by atoms with Crippen molar-refractivity contribution in [2.75, 3.05) is 7.11 Å². The van der Waals surface area contributed by atoms with E-state index in [1.54, 1.807) is 12.1 Å². The fourth-order valence-corrected chi connectivity index (χ4v) is 2.14. The van der Waals surface area contributed by atoms with Crippen LogP contribution in [0.15, 0.2) is 48.5 Å². The van der Waals surface area contributed by atoms with Crippen LogP contribution in [0.2, 0.25) is 0 Å². The minimum atomic E-state index is -0.739. The summed E-state index contributed by atoms with van der Waals surface area (Å²) in [6.07, 6.45) is -0.344. The molecule has 106 valence electrons. The van der Waals surface area contributed by atoms with Gasteiger partial charge in [0, 0.05) is 23.6 Å². The summed E-state index contributed by atoms with van der Waals surface area (Å²) in [5.74, 6) is 0.426. The molecule has 0 fully saturated rings. The van der Waals surface area contributed by atoms with E-state index in [1.165, 1.54) is 7.11 Å². The number of rotatable bonds is 4. The van der Waals surface area contributed by atoms with E-state index >= 15 is 0 Å². The number of nitrogens with zero attached hydrogens (tertiary/aromatic N) is 3. The number of fused-ring (bicyclic) bond motifs is 1. The Morgan fingerprint density at radius 1 is 1.05 bits per heavy atom. The van der Waals surface area contributed by atoms with Crippen LogP contribution in [-0.2, 0) is 6.42 Å². The third-order valence-corrected chi connectivity index (χ3v) is 3.27. The van der Waals surface area contributed by atoms with Gasteiger partial charge < -0.3 is 9.84 Å².